The van der Waals surface area contributed by atoms with Crippen molar-refractivity contribution in [3.63, 3.8) is 0 Å². The van der Waals surface area contributed by atoms with E-state index in [2.05, 4.69) is 10.3 Å². The van der Waals surface area contributed by atoms with Crippen molar-refractivity contribution in [3.05, 3.63) is 0 Å². The van der Waals surface area contributed by atoms with E-state index in [0.29, 0.717) is 44.7 Å². The second-order valence-electron chi connectivity index (χ2n) is 9.09. The number of likely N-dealkylation sites (tertiary alicyclic amines) is 2. The minimum atomic E-state index is -0.471. The van der Waals surface area contributed by atoms with Gasteiger partial charge in [0.25, 0.3) is 0 Å². The van der Waals surface area contributed by atoms with Crippen molar-refractivity contribution < 1.29 is 19.1 Å². The molecule has 180 valence electrons. The van der Waals surface area contributed by atoms with E-state index in [9.17, 15) is 9.59 Å². The zero-order chi connectivity index (χ0) is 22.1. The molecule has 9 nitrogen and oxygen atoms in total. The molecule has 0 aromatic carbocycles. The molecule has 10 heteroatoms. The van der Waals surface area contributed by atoms with Crippen LogP contribution in [0.3, 0.4) is 0 Å². The van der Waals surface area contributed by atoms with Crippen molar-refractivity contribution in [3.8, 4) is 0 Å². The summed E-state index contributed by atoms with van der Waals surface area (Å²) in [5.74, 6) is 0.861. The summed E-state index contributed by atoms with van der Waals surface area (Å²) in [6, 6.07) is 0.219. The number of amides is 2. The Balaban J connectivity index is 0.00000480. The summed E-state index contributed by atoms with van der Waals surface area (Å²) in [4.78, 5) is 32.0. The van der Waals surface area contributed by atoms with Crippen LogP contribution in [-0.4, -0.2) is 78.9 Å². The summed E-state index contributed by atoms with van der Waals surface area (Å²) in [7, 11) is 0. The van der Waals surface area contributed by atoms with Crippen LogP contribution in [0.4, 0.5) is 9.59 Å². The van der Waals surface area contributed by atoms with Crippen LogP contribution in [0.5, 0.6) is 0 Å². The highest BCUT2D eigenvalue weighted by Gasteiger charge is 2.27. The fourth-order valence-electron chi connectivity index (χ4n) is 3.84. The van der Waals surface area contributed by atoms with Crippen LogP contribution in [0.2, 0.25) is 0 Å². The van der Waals surface area contributed by atoms with Gasteiger partial charge in [0.05, 0.1) is 6.61 Å². The summed E-state index contributed by atoms with van der Waals surface area (Å²) in [5.41, 5.74) is 5.59. The molecule has 0 aromatic rings. The summed E-state index contributed by atoms with van der Waals surface area (Å²) in [5, 5.41) is 3.27. The molecule has 2 rings (SSSR count). The number of carbonyl (C=O) groups is 2. The van der Waals surface area contributed by atoms with Crippen LogP contribution < -0.4 is 11.1 Å². The van der Waals surface area contributed by atoms with E-state index in [1.54, 1.807) is 4.90 Å². The lowest BCUT2D eigenvalue weighted by atomic mass is 9.95. The number of guanidine groups is 1. The average Bonchev–Trinajstić information content (AvgIpc) is 2.67. The molecule has 0 aromatic heterocycles. The highest BCUT2D eigenvalue weighted by molar-refractivity contribution is 14.0. The molecular formula is C21H40IN5O4. The molecule has 2 heterocycles. The Hall–Kier alpha value is -1.46. The Kier molecular flexibility index (Phi) is 11.7. The second kappa shape index (κ2) is 13.2. The molecule has 2 fully saturated rings. The normalized spacial score (nSPS) is 20.6. The third kappa shape index (κ3) is 10.1. The van der Waals surface area contributed by atoms with Gasteiger partial charge in [-0.05, 0) is 65.7 Å². The number of hydrogen-bond acceptors (Lipinski definition) is 5. The van der Waals surface area contributed by atoms with Gasteiger partial charge in [0.2, 0.25) is 0 Å². The van der Waals surface area contributed by atoms with Crippen molar-refractivity contribution in [1.29, 1.82) is 0 Å². The number of halogens is 1. The van der Waals surface area contributed by atoms with Gasteiger partial charge >= 0.3 is 12.2 Å². The quantitative estimate of drug-likeness (QED) is 0.308. The molecule has 31 heavy (non-hydrogen) atoms. The predicted octanol–water partition coefficient (Wildman–Crippen LogP) is 3.17. The highest BCUT2D eigenvalue weighted by Crippen LogP contribution is 2.21. The zero-order valence-electron chi connectivity index (χ0n) is 19.4. The minimum absolute atomic E-state index is 0. The maximum Gasteiger partial charge on any atom is 0.410 e. The van der Waals surface area contributed by atoms with Gasteiger partial charge < -0.3 is 30.3 Å². The average molecular weight is 553 g/mol. The van der Waals surface area contributed by atoms with Gasteiger partial charge in [0.1, 0.15) is 5.60 Å². The standard InChI is InChI=1S/C21H39N5O4.HI/c1-5-29-19(27)25-13-9-17(10-14-25)24-18(22)23-11-8-16-7-6-12-26(15-16)20(28)30-21(2,3)4;/h16-17H,5-15H2,1-4H3,(H3,22,23,24);1H. The molecule has 0 spiro atoms. The SMILES string of the molecule is CCOC(=O)N1CCC(NC(N)=NCCC2CCCN(C(=O)OC(C)(C)C)C2)CC1.I. The summed E-state index contributed by atoms with van der Waals surface area (Å²) in [6.07, 6.45) is 4.14. The first-order chi connectivity index (χ1) is 14.2. The lowest BCUT2D eigenvalue weighted by Gasteiger charge is -2.34. The topological polar surface area (TPSA) is 109 Å². The van der Waals surface area contributed by atoms with Gasteiger partial charge in [-0.1, -0.05) is 0 Å². The van der Waals surface area contributed by atoms with Crippen LogP contribution in [-0.2, 0) is 9.47 Å². The largest absolute Gasteiger partial charge is 0.450 e. The maximum absolute atomic E-state index is 12.3. The second-order valence-corrected chi connectivity index (χ2v) is 9.09. The fraction of sp³-hybridized carbons (Fsp3) is 0.857. The molecule has 0 radical (unpaired) electrons. The summed E-state index contributed by atoms with van der Waals surface area (Å²) < 4.78 is 10.5. The number of hydrogen-bond donors (Lipinski definition) is 2. The molecule has 1 unspecified atom stereocenters. The smallest absolute Gasteiger partial charge is 0.410 e. The van der Waals surface area contributed by atoms with Gasteiger partial charge in [-0.2, -0.15) is 0 Å². The van der Waals surface area contributed by atoms with E-state index >= 15 is 0 Å². The third-order valence-corrected chi connectivity index (χ3v) is 5.36. The number of piperidine rings is 2. The van der Waals surface area contributed by atoms with Crippen molar-refractivity contribution in [2.75, 3.05) is 39.3 Å². The van der Waals surface area contributed by atoms with Crippen molar-refractivity contribution in [1.82, 2.24) is 15.1 Å². The van der Waals surface area contributed by atoms with Crippen molar-refractivity contribution in [2.45, 2.75) is 71.4 Å². The molecule has 0 aliphatic carbocycles. The molecule has 0 saturated carbocycles. The predicted molar refractivity (Wildman–Crippen MR) is 132 cm³/mol. The molecule has 2 aliphatic heterocycles. The number of nitrogens with zero attached hydrogens (tertiary/aromatic N) is 3. The van der Waals surface area contributed by atoms with E-state index in [4.69, 9.17) is 15.2 Å². The number of ether oxygens (including phenoxy) is 2. The van der Waals surface area contributed by atoms with Gasteiger partial charge in [0, 0.05) is 38.8 Å². The number of carbonyl (C=O) groups excluding carboxylic acids is 2. The third-order valence-electron chi connectivity index (χ3n) is 5.36. The molecule has 1 atom stereocenters. The van der Waals surface area contributed by atoms with E-state index in [0.717, 1.165) is 38.6 Å². The lowest BCUT2D eigenvalue weighted by Crippen LogP contribution is -2.48. The fourth-order valence-corrected chi connectivity index (χ4v) is 3.84. The first-order valence-corrected chi connectivity index (χ1v) is 11.1. The van der Waals surface area contributed by atoms with Crippen LogP contribution in [0.1, 0.15) is 59.8 Å². The minimum Gasteiger partial charge on any atom is -0.450 e. The van der Waals surface area contributed by atoms with Crippen molar-refractivity contribution in [2.24, 2.45) is 16.6 Å². The van der Waals surface area contributed by atoms with E-state index in [1.807, 2.05) is 32.6 Å². The van der Waals surface area contributed by atoms with E-state index < -0.39 is 5.60 Å². The van der Waals surface area contributed by atoms with Gasteiger partial charge in [-0.25, -0.2) is 9.59 Å². The molecule has 2 saturated heterocycles. The van der Waals surface area contributed by atoms with Crippen LogP contribution in [0, 0.1) is 5.92 Å². The molecule has 2 aliphatic rings. The summed E-state index contributed by atoms with van der Waals surface area (Å²) >= 11 is 0. The molecule has 3 N–H and O–H groups in total. The van der Waals surface area contributed by atoms with Gasteiger partial charge in [0.15, 0.2) is 5.96 Å². The monoisotopic (exact) mass is 553 g/mol. The van der Waals surface area contributed by atoms with E-state index in [1.165, 1.54) is 0 Å². The Morgan fingerprint density at radius 2 is 1.77 bits per heavy atom. The first kappa shape index (κ1) is 27.6. The Bertz CT molecular complexity index is 603. The van der Waals surface area contributed by atoms with Crippen LogP contribution in [0.15, 0.2) is 4.99 Å². The Morgan fingerprint density at radius 1 is 1.10 bits per heavy atom. The van der Waals surface area contributed by atoms with E-state index in [-0.39, 0.29) is 42.2 Å². The molecular weight excluding hydrogens is 513 g/mol. The molecule has 2 amide bonds. The van der Waals surface area contributed by atoms with Crippen molar-refractivity contribution >= 4 is 42.1 Å². The summed E-state index contributed by atoms with van der Waals surface area (Å²) in [6.45, 7) is 11.3. The zero-order valence-corrected chi connectivity index (χ0v) is 21.7. The maximum atomic E-state index is 12.3. The Labute approximate surface area is 203 Å². The van der Waals surface area contributed by atoms with Gasteiger partial charge in [-0.15, -0.1) is 24.0 Å². The first-order valence-electron chi connectivity index (χ1n) is 11.1. The number of nitrogens with two attached hydrogens (primary N) is 1. The van der Waals surface area contributed by atoms with Crippen LogP contribution in [0.25, 0.3) is 0 Å². The molecule has 0 bridgehead atoms. The Morgan fingerprint density at radius 3 is 2.39 bits per heavy atom. The van der Waals surface area contributed by atoms with Gasteiger partial charge in [-0.3, -0.25) is 4.99 Å². The number of nitrogens with one attached hydrogen (secondary N) is 1. The number of rotatable bonds is 5. The highest BCUT2D eigenvalue weighted by atomic mass is 127. The lowest BCUT2D eigenvalue weighted by molar-refractivity contribution is 0.0163. The number of aliphatic imine (C=N–C) groups is 1. The van der Waals surface area contributed by atoms with Crippen LogP contribution >= 0.6 is 24.0 Å².